The van der Waals surface area contributed by atoms with Crippen molar-refractivity contribution in [3.05, 3.63) is 28.5 Å². The molecule has 1 fully saturated rings. The number of hydrogen-bond acceptors (Lipinski definition) is 2. The fraction of sp³-hybridized carbons (Fsp3) is 0.467. The van der Waals surface area contributed by atoms with Crippen LogP contribution in [-0.2, 0) is 9.59 Å². The van der Waals surface area contributed by atoms with Crippen molar-refractivity contribution in [3.8, 4) is 0 Å². The number of nitrogens with zero attached hydrogens (tertiary/aromatic N) is 1. The zero-order valence-electron chi connectivity index (χ0n) is 12.2. The Balaban J connectivity index is 2.54. The number of carbonyl (C=O) groups is 2. The molecule has 1 aromatic rings. The standard InChI is InChI=1S/C15H18BrFN2O2/c1-4-11-13(20)18-15(3,5-2)14(21)19(11)12-7-6-9(17)8-10(12)16/h6-8,11H,4-5H2,1-3H3,(H,18,20). The van der Waals surface area contributed by atoms with E-state index in [1.807, 2.05) is 13.8 Å². The molecular weight excluding hydrogens is 339 g/mol. The zero-order valence-corrected chi connectivity index (χ0v) is 13.8. The Bertz CT molecular complexity index is 593. The minimum absolute atomic E-state index is 0.177. The van der Waals surface area contributed by atoms with Crippen LogP contribution in [0.1, 0.15) is 33.6 Å². The van der Waals surface area contributed by atoms with Crippen LogP contribution < -0.4 is 10.2 Å². The zero-order chi connectivity index (χ0) is 15.8. The molecule has 0 aromatic heterocycles. The molecule has 4 nitrogen and oxygen atoms in total. The lowest BCUT2D eigenvalue weighted by atomic mass is 9.90. The number of nitrogens with one attached hydrogen (secondary N) is 1. The lowest BCUT2D eigenvalue weighted by Gasteiger charge is -2.44. The van der Waals surface area contributed by atoms with Gasteiger partial charge in [0, 0.05) is 4.47 Å². The molecule has 0 spiro atoms. The van der Waals surface area contributed by atoms with E-state index in [0.717, 1.165) is 0 Å². The summed E-state index contributed by atoms with van der Waals surface area (Å²) < 4.78 is 13.7. The van der Waals surface area contributed by atoms with Crippen LogP contribution in [0.3, 0.4) is 0 Å². The third kappa shape index (κ3) is 2.69. The van der Waals surface area contributed by atoms with Gasteiger partial charge in [-0.15, -0.1) is 0 Å². The molecule has 1 heterocycles. The fourth-order valence-corrected chi connectivity index (χ4v) is 3.04. The average Bonchev–Trinajstić information content (AvgIpc) is 2.43. The van der Waals surface area contributed by atoms with Gasteiger partial charge in [0.1, 0.15) is 17.4 Å². The highest BCUT2D eigenvalue weighted by molar-refractivity contribution is 9.10. The van der Waals surface area contributed by atoms with Crippen LogP contribution >= 0.6 is 15.9 Å². The van der Waals surface area contributed by atoms with E-state index in [4.69, 9.17) is 0 Å². The Morgan fingerprint density at radius 2 is 2.05 bits per heavy atom. The monoisotopic (exact) mass is 356 g/mol. The maximum Gasteiger partial charge on any atom is 0.253 e. The van der Waals surface area contributed by atoms with Crippen LogP contribution in [0.25, 0.3) is 0 Å². The predicted octanol–water partition coefficient (Wildman–Crippen LogP) is 3.00. The smallest absolute Gasteiger partial charge is 0.253 e. The average molecular weight is 357 g/mol. The van der Waals surface area contributed by atoms with Crippen LogP contribution in [0.15, 0.2) is 22.7 Å². The lowest BCUT2D eigenvalue weighted by Crippen LogP contribution is -2.69. The highest BCUT2D eigenvalue weighted by atomic mass is 79.9. The van der Waals surface area contributed by atoms with Crippen LogP contribution in [0.4, 0.5) is 10.1 Å². The molecule has 1 saturated heterocycles. The topological polar surface area (TPSA) is 49.4 Å². The van der Waals surface area contributed by atoms with Gasteiger partial charge in [0.25, 0.3) is 5.91 Å². The first kappa shape index (κ1) is 15.9. The van der Waals surface area contributed by atoms with Gasteiger partial charge < -0.3 is 5.32 Å². The minimum atomic E-state index is -0.934. The molecule has 2 unspecified atom stereocenters. The molecule has 0 radical (unpaired) electrons. The summed E-state index contributed by atoms with van der Waals surface area (Å²) in [6.45, 7) is 5.41. The molecule has 0 bridgehead atoms. The maximum atomic E-state index is 13.3. The van der Waals surface area contributed by atoms with Gasteiger partial charge in [0.2, 0.25) is 5.91 Å². The SMILES string of the molecule is CCC1C(=O)NC(C)(CC)C(=O)N1c1ccc(F)cc1Br. The first-order chi connectivity index (χ1) is 9.84. The van der Waals surface area contributed by atoms with E-state index in [0.29, 0.717) is 23.0 Å². The van der Waals surface area contributed by atoms with E-state index < -0.39 is 17.4 Å². The van der Waals surface area contributed by atoms with Gasteiger partial charge in [-0.3, -0.25) is 14.5 Å². The summed E-state index contributed by atoms with van der Waals surface area (Å²) in [4.78, 5) is 26.6. The molecule has 1 N–H and O–H groups in total. The highest BCUT2D eigenvalue weighted by Gasteiger charge is 2.47. The number of rotatable bonds is 3. The number of benzene rings is 1. The summed E-state index contributed by atoms with van der Waals surface area (Å²) in [5.74, 6) is -0.757. The summed E-state index contributed by atoms with van der Waals surface area (Å²) in [5.41, 5.74) is -0.417. The molecule has 1 aromatic carbocycles. The number of carbonyl (C=O) groups excluding carboxylic acids is 2. The second-order valence-electron chi connectivity index (χ2n) is 5.37. The Morgan fingerprint density at radius 1 is 1.38 bits per heavy atom. The first-order valence-electron chi connectivity index (χ1n) is 6.94. The molecule has 2 atom stereocenters. The molecule has 0 saturated carbocycles. The van der Waals surface area contributed by atoms with E-state index in [1.165, 1.54) is 23.1 Å². The van der Waals surface area contributed by atoms with Crippen molar-refractivity contribution in [2.45, 2.75) is 45.2 Å². The molecule has 2 rings (SSSR count). The molecule has 1 aliphatic rings. The largest absolute Gasteiger partial charge is 0.340 e. The Labute approximate surface area is 131 Å². The molecular formula is C15H18BrFN2O2. The fourth-order valence-electron chi connectivity index (χ4n) is 2.49. The molecule has 21 heavy (non-hydrogen) atoms. The second kappa shape index (κ2) is 5.75. The van der Waals surface area contributed by atoms with Crippen LogP contribution in [-0.4, -0.2) is 23.4 Å². The van der Waals surface area contributed by atoms with Gasteiger partial charge in [-0.2, -0.15) is 0 Å². The maximum absolute atomic E-state index is 13.3. The van der Waals surface area contributed by atoms with Gasteiger partial charge in [0.15, 0.2) is 0 Å². The van der Waals surface area contributed by atoms with Crippen molar-refractivity contribution in [3.63, 3.8) is 0 Å². The molecule has 6 heteroatoms. The number of anilines is 1. The third-order valence-corrected chi connectivity index (χ3v) is 4.60. The summed E-state index contributed by atoms with van der Waals surface area (Å²) in [7, 11) is 0. The third-order valence-electron chi connectivity index (χ3n) is 3.97. The van der Waals surface area contributed by atoms with Gasteiger partial charge in [-0.05, 0) is 53.9 Å². The van der Waals surface area contributed by atoms with E-state index in [9.17, 15) is 14.0 Å². The Hall–Kier alpha value is -1.43. The lowest BCUT2D eigenvalue weighted by molar-refractivity contribution is -0.138. The molecule has 1 aliphatic heterocycles. The predicted molar refractivity (Wildman–Crippen MR) is 82.5 cm³/mol. The number of hydrogen-bond donors (Lipinski definition) is 1. The first-order valence-corrected chi connectivity index (χ1v) is 7.74. The van der Waals surface area contributed by atoms with E-state index in [2.05, 4.69) is 21.2 Å². The van der Waals surface area contributed by atoms with Crippen molar-refractivity contribution < 1.29 is 14.0 Å². The van der Waals surface area contributed by atoms with Gasteiger partial charge >= 0.3 is 0 Å². The normalized spacial score (nSPS) is 26.0. The van der Waals surface area contributed by atoms with Crippen molar-refractivity contribution >= 4 is 33.4 Å². The number of amides is 2. The van der Waals surface area contributed by atoms with Crippen LogP contribution in [0.2, 0.25) is 0 Å². The molecule has 2 amide bonds. The Morgan fingerprint density at radius 3 is 2.57 bits per heavy atom. The van der Waals surface area contributed by atoms with Crippen molar-refractivity contribution in [2.24, 2.45) is 0 Å². The van der Waals surface area contributed by atoms with Gasteiger partial charge in [-0.25, -0.2) is 4.39 Å². The van der Waals surface area contributed by atoms with Crippen LogP contribution in [0.5, 0.6) is 0 Å². The molecule has 114 valence electrons. The second-order valence-corrected chi connectivity index (χ2v) is 6.22. The van der Waals surface area contributed by atoms with Crippen molar-refractivity contribution in [1.29, 1.82) is 0 Å². The summed E-state index contributed by atoms with van der Waals surface area (Å²) in [6.07, 6.45) is 0.977. The number of halogens is 2. The summed E-state index contributed by atoms with van der Waals surface area (Å²) in [5, 5.41) is 2.80. The summed E-state index contributed by atoms with van der Waals surface area (Å²) in [6, 6.07) is 3.52. The van der Waals surface area contributed by atoms with Crippen molar-refractivity contribution in [2.75, 3.05) is 4.90 Å². The van der Waals surface area contributed by atoms with Gasteiger partial charge in [-0.1, -0.05) is 13.8 Å². The summed E-state index contributed by atoms with van der Waals surface area (Å²) >= 11 is 3.28. The highest BCUT2D eigenvalue weighted by Crippen LogP contribution is 2.34. The van der Waals surface area contributed by atoms with E-state index >= 15 is 0 Å². The molecule has 0 aliphatic carbocycles. The van der Waals surface area contributed by atoms with E-state index in [-0.39, 0.29) is 11.8 Å². The van der Waals surface area contributed by atoms with Crippen LogP contribution in [0, 0.1) is 5.82 Å². The quantitative estimate of drug-likeness (QED) is 0.904. The van der Waals surface area contributed by atoms with Crippen molar-refractivity contribution in [1.82, 2.24) is 5.32 Å². The number of piperazine rings is 1. The van der Waals surface area contributed by atoms with E-state index in [1.54, 1.807) is 6.92 Å². The Kier molecular flexibility index (Phi) is 4.37. The minimum Gasteiger partial charge on any atom is -0.340 e. The van der Waals surface area contributed by atoms with Gasteiger partial charge in [0.05, 0.1) is 5.69 Å².